The zero-order valence-corrected chi connectivity index (χ0v) is 45.9. The number of aliphatic carboxylic acids is 1. The fourth-order valence-electron chi connectivity index (χ4n) is 8.85. The Morgan fingerprint density at radius 2 is 0.961 bits per heavy atom. The topological polar surface area (TPSA) is 458 Å². The summed E-state index contributed by atoms with van der Waals surface area (Å²) in [6.45, 7) is 2.69. The summed E-state index contributed by atoms with van der Waals surface area (Å²) >= 11 is 0. The first-order valence-corrected chi connectivity index (χ1v) is 28.0. The molecule has 1 aliphatic heterocycles. The number of amidine groups is 2. The number of nitrogens with one attached hydrogen (secondary N) is 8. The molecule has 21 N–H and O–H groups in total. The molecule has 6 amide bonds. The average molecular weight is 1090 g/mol. The van der Waals surface area contributed by atoms with Gasteiger partial charge in [0.15, 0.2) is 17.7 Å². The van der Waals surface area contributed by atoms with E-state index in [0.717, 1.165) is 25.7 Å². The van der Waals surface area contributed by atoms with Crippen LogP contribution in [0.15, 0.2) is 9.98 Å². The van der Waals surface area contributed by atoms with Gasteiger partial charge in [0.1, 0.15) is 24.2 Å². The lowest BCUT2D eigenvalue weighted by Gasteiger charge is -2.27. The van der Waals surface area contributed by atoms with Gasteiger partial charge in [0.2, 0.25) is 35.4 Å². The highest BCUT2D eigenvalue weighted by Gasteiger charge is 2.34. The predicted octanol–water partition coefficient (Wildman–Crippen LogP) is 1.95. The summed E-state index contributed by atoms with van der Waals surface area (Å²) in [5.41, 5.74) is 33.3. The molecule has 1 heterocycles. The quantitative estimate of drug-likeness (QED) is 0.0242. The molecule has 25 heteroatoms. The molecule has 0 saturated carbocycles. The lowest BCUT2D eigenvalue weighted by Crippen LogP contribution is -2.56. The highest BCUT2D eigenvalue weighted by atomic mass is 16.4. The van der Waals surface area contributed by atoms with E-state index in [0.29, 0.717) is 45.1 Å². The maximum absolute atomic E-state index is 14.4. The van der Waals surface area contributed by atoms with Crippen LogP contribution in [0.2, 0.25) is 0 Å². The van der Waals surface area contributed by atoms with Gasteiger partial charge in [-0.2, -0.15) is 0 Å². The molecule has 0 bridgehead atoms. The maximum Gasteiger partial charge on any atom is 0.326 e. The van der Waals surface area contributed by atoms with Crippen LogP contribution >= 0.6 is 0 Å². The zero-order chi connectivity index (χ0) is 57.4. The Hall–Kier alpha value is -6.56. The number of nitrogens with zero attached hydrogens (tertiary/aromatic N) is 2. The Kier molecular flexibility index (Phi) is 37.0. The van der Waals surface area contributed by atoms with Gasteiger partial charge in [-0.05, 0) is 83.5 Å². The summed E-state index contributed by atoms with van der Waals surface area (Å²) in [6.07, 6.45) is 15.0. The molecular formula is C52H96N16O9. The number of unbranched alkanes of at least 4 members (excludes halogenated alkanes) is 13. The van der Waals surface area contributed by atoms with Crippen molar-refractivity contribution >= 4 is 70.8 Å². The van der Waals surface area contributed by atoms with Crippen LogP contribution in [0, 0.1) is 16.7 Å². The van der Waals surface area contributed by atoms with Crippen LogP contribution in [-0.4, -0.2) is 126 Å². The molecule has 1 fully saturated rings. The molecule has 0 aromatic heterocycles. The Balaban J connectivity index is 3.56. The number of carboxylic acid groups (broad SMARTS) is 1. The molecule has 25 nitrogen and oxygen atoms in total. The van der Waals surface area contributed by atoms with E-state index in [4.69, 9.17) is 45.2 Å². The number of carboxylic acids is 1. The van der Waals surface area contributed by atoms with Gasteiger partial charge in [0.05, 0.1) is 17.7 Å². The molecule has 1 aliphatic rings. The van der Waals surface area contributed by atoms with Crippen molar-refractivity contribution in [2.75, 3.05) is 19.6 Å². The van der Waals surface area contributed by atoms with Crippen molar-refractivity contribution in [3.63, 3.8) is 0 Å². The first kappa shape index (κ1) is 68.5. The maximum atomic E-state index is 14.4. The summed E-state index contributed by atoms with van der Waals surface area (Å²) in [5, 5.41) is 41.8. The second-order valence-electron chi connectivity index (χ2n) is 20.2. The largest absolute Gasteiger partial charge is 0.480 e. The predicted molar refractivity (Wildman–Crippen MR) is 298 cm³/mol. The van der Waals surface area contributed by atoms with Crippen LogP contribution in [0.4, 0.5) is 0 Å². The van der Waals surface area contributed by atoms with Gasteiger partial charge in [0.25, 0.3) is 0 Å². The van der Waals surface area contributed by atoms with Crippen LogP contribution in [0.25, 0.3) is 0 Å². The normalized spacial score (nSPS) is 20.1. The first-order chi connectivity index (χ1) is 36.7. The van der Waals surface area contributed by atoms with Crippen LogP contribution in [-0.2, 0) is 38.4 Å². The minimum absolute atomic E-state index is 0.00831. The lowest BCUT2D eigenvalue weighted by molar-refractivity contribution is -0.143. The Labute approximate surface area is 455 Å². The molecular weight excluding hydrogens is 993 g/mol. The summed E-state index contributed by atoms with van der Waals surface area (Å²) in [5.74, 6) is -7.63. The summed E-state index contributed by atoms with van der Waals surface area (Å²) in [7, 11) is 0. The number of carbonyl (C=O) groups is 8. The third-order valence-electron chi connectivity index (χ3n) is 13.3. The number of nitrogens with two attached hydrogens (primary N) is 6. The molecule has 438 valence electrons. The van der Waals surface area contributed by atoms with E-state index in [1.165, 1.54) is 44.9 Å². The van der Waals surface area contributed by atoms with Gasteiger partial charge in [0, 0.05) is 57.7 Å². The Bertz CT molecular complexity index is 1910. The van der Waals surface area contributed by atoms with Crippen molar-refractivity contribution in [1.29, 1.82) is 10.8 Å². The number of ketones is 1. The number of aliphatic imine (C=N–C) groups is 2. The number of rotatable bonds is 36. The molecule has 0 aromatic rings. The van der Waals surface area contributed by atoms with E-state index in [9.17, 15) is 43.5 Å². The molecule has 77 heavy (non-hydrogen) atoms. The monoisotopic (exact) mass is 1090 g/mol. The molecule has 1 saturated heterocycles. The second kappa shape index (κ2) is 41.6. The van der Waals surface area contributed by atoms with E-state index < -0.39 is 96.7 Å². The SMILES string of the molecule is CCCCCCCCCCCCCC(=O)NCCCC[C@@H]1NC(=O)CC[C@@H](C(=O)O)NC(=O)[C@H](CCCCC(=N)N)NC(=O)[C@H](CCCN=C(N)N)CC(=O)[C@H](CCCCC(=N)N)NC(=O)[C@H](CCCN=C(N)N)NC1=O. The number of Topliss-reactive ketones (excluding diaryl/α,β-unsaturated/α-hetero) is 1. The molecule has 6 atom stereocenters. The first-order valence-electron chi connectivity index (χ1n) is 28.0. The van der Waals surface area contributed by atoms with Crippen molar-refractivity contribution in [2.24, 2.45) is 50.3 Å². The minimum Gasteiger partial charge on any atom is -0.480 e. The standard InChI is InChI=1S/C52H96N16O9/c1-2-3-4-5-6-7-8-9-10-11-12-28-44(70)61-31-18-17-24-37-47(73)67-39(25-20-33-63-52(59)60)48(74)65-36(22-13-15-26-42(53)54)41(69)34-35(21-19-32-62-51(57)58)46(72)66-38(23-14-16-27-43(55)56)49(75)68-40(50(76)77)29-30-45(71)64-37/h35-40H,2-34H2,1H3,(H3,53,54)(H3,55,56)(H,61,70)(H,64,71)(H,65,74)(H,66,72)(H,67,73)(H,68,75)(H,76,77)(H4,57,58,62)(H4,59,60,63)/t35-,36+,37+,38+,39+,40+/m1/s1. The van der Waals surface area contributed by atoms with Crippen LogP contribution in [0.1, 0.15) is 200 Å². The fraction of sp³-hybridized carbons (Fsp3) is 0.769. The van der Waals surface area contributed by atoms with Gasteiger partial charge in [-0.25, -0.2) is 4.79 Å². The summed E-state index contributed by atoms with van der Waals surface area (Å²) < 4.78 is 0. The zero-order valence-electron chi connectivity index (χ0n) is 45.9. The van der Waals surface area contributed by atoms with Gasteiger partial charge >= 0.3 is 5.97 Å². The number of carbonyl (C=O) groups excluding carboxylic acids is 7. The number of hydrogen-bond donors (Lipinski definition) is 15. The van der Waals surface area contributed by atoms with Crippen LogP contribution < -0.4 is 66.3 Å². The van der Waals surface area contributed by atoms with Gasteiger partial charge in [-0.3, -0.25) is 54.4 Å². The van der Waals surface area contributed by atoms with Crippen molar-refractivity contribution in [3.8, 4) is 0 Å². The third-order valence-corrected chi connectivity index (χ3v) is 13.3. The van der Waals surface area contributed by atoms with E-state index in [-0.39, 0.29) is 107 Å². The molecule has 0 aliphatic carbocycles. The fourth-order valence-corrected chi connectivity index (χ4v) is 8.85. The lowest BCUT2D eigenvalue weighted by atomic mass is 9.90. The third kappa shape index (κ3) is 34.7. The Morgan fingerprint density at radius 3 is 1.48 bits per heavy atom. The van der Waals surface area contributed by atoms with E-state index >= 15 is 0 Å². The second-order valence-corrected chi connectivity index (χ2v) is 20.2. The van der Waals surface area contributed by atoms with E-state index in [2.05, 4.69) is 48.8 Å². The molecule has 0 radical (unpaired) electrons. The van der Waals surface area contributed by atoms with E-state index in [1.54, 1.807) is 0 Å². The highest BCUT2D eigenvalue weighted by molar-refractivity contribution is 5.97. The number of hydrogen-bond acceptors (Lipinski definition) is 12. The van der Waals surface area contributed by atoms with Crippen molar-refractivity contribution in [3.05, 3.63) is 0 Å². The number of guanidine groups is 2. The Morgan fingerprint density at radius 1 is 0.532 bits per heavy atom. The van der Waals surface area contributed by atoms with Crippen LogP contribution in [0.5, 0.6) is 0 Å². The van der Waals surface area contributed by atoms with E-state index in [1.807, 2.05) is 0 Å². The average Bonchev–Trinajstić information content (AvgIpc) is 3.36. The smallest absolute Gasteiger partial charge is 0.326 e. The molecule has 0 unspecified atom stereocenters. The van der Waals surface area contributed by atoms with Crippen molar-refractivity contribution < 1.29 is 43.5 Å². The molecule has 0 spiro atoms. The number of amides is 6. The minimum atomic E-state index is -1.62. The molecule has 1 rings (SSSR count). The van der Waals surface area contributed by atoms with Crippen LogP contribution in [0.3, 0.4) is 0 Å². The summed E-state index contributed by atoms with van der Waals surface area (Å²) in [4.78, 5) is 118. The van der Waals surface area contributed by atoms with Gasteiger partial charge in [-0.1, -0.05) is 84.0 Å². The van der Waals surface area contributed by atoms with Crippen molar-refractivity contribution in [1.82, 2.24) is 31.9 Å². The van der Waals surface area contributed by atoms with Crippen molar-refractivity contribution in [2.45, 2.75) is 230 Å². The highest BCUT2D eigenvalue weighted by Crippen LogP contribution is 2.19. The summed E-state index contributed by atoms with van der Waals surface area (Å²) in [6, 6.07) is -6.69. The van der Waals surface area contributed by atoms with Gasteiger partial charge < -0.3 is 71.4 Å². The molecule has 0 aromatic carbocycles. The van der Waals surface area contributed by atoms with Gasteiger partial charge in [-0.15, -0.1) is 0 Å².